The molecule has 0 bridgehead atoms. The first-order valence-corrected chi connectivity index (χ1v) is 8.36. The van der Waals surface area contributed by atoms with Gasteiger partial charge in [0, 0.05) is 7.11 Å². The Labute approximate surface area is 128 Å². The second kappa shape index (κ2) is 5.19. The summed E-state index contributed by atoms with van der Waals surface area (Å²) < 4.78 is 17.7. The zero-order chi connectivity index (χ0) is 15.4. The van der Waals surface area contributed by atoms with Crippen LogP contribution in [-0.2, 0) is 14.2 Å². The minimum Gasteiger partial charge on any atom is -0.390 e. The van der Waals surface area contributed by atoms with Gasteiger partial charge in [0.1, 0.15) is 11.2 Å². The van der Waals surface area contributed by atoms with Gasteiger partial charge in [0.15, 0.2) is 0 Å². The monoisotopic (exact) mass is 298 g/mol. The SMILES string of the molecule is COC1C(O)C(C)CC2(CO2)C1[C@@]1(C)OC1CCC(C)C. The summed E-state index contributed by atoms with van der Waals surface area (Å²) in [7, 11) is 1.70. The molecule has 0 aromatic rings. The topological polar surface area (TPSA) is 54.5 Å². The molecule has 1 aliphatic carbocycles. The lowest BCUT2D eigenvalue weighted by Gasteiger charge is -2.44. The van der Waals surface area contributed by atoms with Gasteiger partial charge in [-0.3, -0.25) is 0 Å². The smallest absolute Gasteiger partial charge is 0.100 e. The Morgan fingerprint density at radius 3 is 2.57 bits per heavy atom. The molecular weight excluding hydrogens is 268 g/mol. The maximum Gasteiger partial charge on any atom is 0.100 e. The number of aliphatic hydroxyl groups excluding tert-OH is 1. The Kier molecular flexibility index (Phi) is 3.89. The van der Waals surface area contributed by atoms with E-state index in [9.17, 15) is 5.11 Å². The van der Waals surface area contributed by atoms with Crippen molar-refractivity contribution in [2.24, 2.45) is 17.8 Å². The molecule has 3 rings (SSSR count). The van der Waals surface area contributed by atoms with Crippen LogP contribution in [-0.4, -0.2) is 48.3 Å². The third-order valence-electron chi connectivity index (χ3n) is 5.87. The van der Waals surface area contributed by atoms with Crippen molar-refractivity contribution in [3.63, 3.8) is 0 Å². The molecule has 2 heterocycles. The molecule has 0 radical (unpaired) electrons. The number of methoxy groups -OCH3 is 1. The van der Waals surface area contributed by atoms with Crippen molar-refractivity contribution in [3.8, 4) is 0 Å². The van der Waals surface area contributed by atoms with Crippen LogP contribution in [0.4, 0.5) is 0 Å². The molecule has 7 atom stereocenters. The van der Waals surface area contributed by atoms with Gasteiger partial charge in [-0.2, -0.15) is 0 Å². The molecule has 4 nitrogen and oxygen atoms in total. The molecule has 4 heteroatoms. The van der Waals surface area contributed by atoms with E-state index in [0.717, 1.165) is 19.4 Å². The van der Waals surface area contributed by atoms with Crippen molar-refractivity contribution in [2.45, 2.75) is 76.5 Å². The minimum absolute atomic E-state index is 0.124. The molecule has 2 saturated heterocycles. The average molecular weight is 298 g/mol. The Hall–Kier alpha value is -0.160. The molecule has 3 aliphatic rings. The summed E-state index contributed by atoms with van der Waals surface area (Å²) in [6.07, 6.45) is 2.84. The van der Waals surface area contributed by atoms with Crippen molar-refractivity contribution in [1.82, 2.24) is 0 Å². The Balaban J connectivity index is 1.76. The van der Waals surface area contributed by atoms with Gasteiger partial charge in [0.2, 0.25) is 0 Å². The highest BCUT2D eigenvalue weighted by Gasteiger charge is 2.72. The van der Waals surface area contributed by atoms with Crippen molar-refractivity contribution in [2.75, 3.05) is 13.7 Å². The van der Waals surface area contributed by atoms with Gasteiger partial charge >= 0.3 is 0 Å². The first-order valence-electron chi connectivity index (χ1n) is 8.36. The van der Waals surface area contributed by atoms with E-state index in [0.29, 0.717) is 5.92 Å². The third kappa shape index (κ3) is 2.54. The highest BCUT2D eigenvalue weighted by atomic mass is 16.6. The molecule has 122 valence electrons. The van der Waals surface area contributed by atoms with Crippen LogP contribution >= 0.6 is 0 Å². The van der Waals surface area contributed by atoms with E-state index in [1.54, 1.807) is 7.11 Å². The lowest BCUT2D eigenvalue weighted by Crippen LogP contribution is -2.57. The van der Waals surface area contributed by atoms with Gasteiger partial charge in [-0.1, -0.05) is 20.8 Å². The normalized spacial score (nSPS) is 52.4. The van der Waals surface area contributed by atoms with Gasteiger partial charge < -0.3 is 19.3 Å². The summed E-state index contributed by atoms with van der Waals surface area (Å²) >= 11 is 0. The van der Waals surface area contributed by atoms with E-state index < -0.39 is 6.10 Å². The van der Waals surface area contributed by atoms with E-state index in [-0.39, 0.29) is 35.2 Å². The summed E-state index contributed by atoms with van der Waals surface area (Å²) in [5, 5.41) is 10.5. The third-order valence-corrected chi connectivity index (χ3v) is 5.87. The fourth-order valence-corrected chi connectivity index (χ4v) is 4.50. The molecule has 1 N–H and O–H groups in total. The van der Waals surface area contributed by atoms with Crippen LogP contribution < -0.4 is 0 Å². The standard InChI is InChI=1S/C17H30O4/c1-10(2)6-7-12-16(4,21-12)15-14(19-5)13(18)11(3)8-17(15)9-20-17/h10-15,18H,6-9H2,1-5H3/t11?,12?,13?,14?,15?,16-,17?/m0/s1. The van der Waals surface area contributed by atoms with Gasteiger partial charge in [0.05, 0.1) is 30.8 Å². The zero-order valence-electron chi connectivity index (χ0n) is 14.0. The van der Waals surface area contributed by atoms with Crippen LogP contribution in [0.5, 0.6) is 0 Å². The van der Waals surface area contributed by atoms with Crippen LogP contribution in [0.1, 0.15) is 47.0 Å². The molecule has 0 aromatic heterocycles. The molecule has 1 spiro atoms. The summed E-state index contributed by atoms with van der Waals surface area (Å²) in [4.78, 5) is 0. The molecule has 1 saturated carbocycles. The van der Waals surface area contributed by atoms with Crippen molar-refractivity contribution in [3.05, 3.63) is 0 Å². The summed E-state index contributed by atoms with van der Waals surface area (Å²) in [6.45, 7) is 9.54. The van der Waals surface area contributed by atoms with Crippen LogP contribution in [0.25, 0.3) is 0 Å². The predicted octanol–water partition coefficient (Wildman–Crippen LogP) is 2.38. The number of hydrogen-bond donors (Lipinski definition) is 1. The lowest BCUT2D eigenvalue weighted by atomic mass is 9.65. The molecule has 6 unspecified atom stereocenters. The first kappa shape index (κ1) is 15.7. The second-order valence-corrected chi connectivity index (χ2v) is 7.96. The Bertz CT molecular complexity index is 392. The number of ether oxygens (including phenoxy) is 3. The molecule has 0 amide bonds. The lowest BCUT2D eigenvalue weighted by molar-refractivity contribution is -0.137. The number of aliphatic hydroxyl groups is 1. The maximum atomic E-state index is 10.5. The van der Waals surface area contributed by atoms with Gasteiger partial charge in [-0.25, -0.2) is 0 Å². The molecule has 0 aromatic carbocycles. The van der Waals surface area contributed by atoms with E-state index in [2.05, 4.69) is 27.7 Å². The van der Waals surface area contributed by atoms with E-state index in [4.69, 9.17) is 14.2 Å². The van der Waals surface area contributed by atoms with E-state index in [1.807, 2.05) is 0 Å². The predicted molar refractivity (Wildman–Crippen MR) is 80.1 cm³/mol. The van der Waals surface area contributed by atoms with Crippen LogP contribution in [0.3, 0.4) is 0 Å². The number of hydrogen-bond acceptors (Lipinski definition) is 4. The quantitative estimate of drug-likeness (QED) is 0.792. The van der Waals surface area contributed by atoms with Gasteiger partial charge in [-0.15, -0.1) is 0 Å². The molecule has 21 heavy (non-hydrogen) atoms. The number of epoxide rings is 2. The largest absolute Gasteiger partial charge is 0.390 e. The zero-order valence-corrected chi connectivity index (χ0v) is 14.0. The summed E-state index contributed by atoms with van der Waals surface area (Å²) in [6, 6.07) is 0. The molecular formula is C17H30O4. The highest BCUT2D eigenvalue weighted by molar-refractivity contribution is 5.20. The fraction of sp³-hybridized carbons (Fsp3) is 1.00. The van der Waals surface area contributed by atoms with Gasteiger partial charge in [-0.05, 0) is 38.0 Å². The van der Waals surface area contributed by atoms with Crippen LogP contribution in [0.15, 0.2) is 0 Å². The maximum absolute atomic E-state index is 10.5. The van der Waals surface area contributed by atoms with Gasteiger partial charge in [0.25, 0.3) is 0 Å². The molecule has 2 aliphatic heterocycles. The van der Waals surface area contributed by atoms with E-state index >= 15 is 0 Å². The van der Waals surface area contributed by atoms with Crippen molar-refractivity contribution < 1.29 is 19.3 Å². The Morgan fingerprint density at radius 1 is 1.38 bits per heavy atom. The minimum atomic E-state index is -0.429. The van der Waals surface area contributed by atoms with E-state index in [1.165, 1.54) is 6.42 Å². The highest BCUT2D eigenvalue weighted by Crippen LogP contribution is 2.60. The second-order valence-electron chi connectivity index (χ2n) is 7.96. The summed E-state index contributed by atoms with van der Waals surface area (Å²) in [5.41, 5.74) is -0.326. The van der Waals surface area contributed by atoms with Crippen molar-refractivity contribution >= 4 is 0 Å². The first-order chi connectivity index (χ1) is 9.84. The van der Waals surface area contributed by atoms with Crippen molar-refractivity contribution in [1.29, 1.82) is 0 Å². The van der Waals surface area contributed by atoms with Crippen LogP contribution in [0, 0.1) is 17.8 Å². The average Bonchev–Trinajstić information content (AvgIpc) is 3.31. The Morgan fingerprint density at radius 2 is 2.05 bits per heavy atom. The van der Waals surface area contributed by atoms with Crippen LogP contribution in [0.2, 0.25) is 0 Å². The fourth-order valence-electron chi connectivity index (χ4n) is 4.50. The summed E-state index contributed by atoms with van der Waals surface area (Å²) in [5.74, 6) is 1.04. The number of rotatable bonds is 5. The molecule has 3 fully saturated rings.